The predicted octanol–water partition coefficient (Wildman–Crippen LogP) is 10.8. The topological polar surface area (TPSA) is 300 Å². The summed E-state index contributed by atoms with van der Waals surface area (Å²) in [5.41, 5.74) is 12.2. The Bertz CT molecular complexity index is 4110. The van der Waals surface area contributed by atoms with Gasteiger partial charge >= 0.3 is 23.9 Å². The summed E-state index contributed by atoms with van der Waals surface area (Å²) in [5.74, 6) is -4.97. The first-order valence-electron chi connectivity index (χ1n) is 32.3. The lowest BCUT2D eigenvalue weighted by atomic mass is 10.1. The van der Waals surface area contributed by atoms with Gasteiger partial charge in [0, 0.05) is 148 Å². The SMILES string of the molecule is Cc1ccc(NC(=O)c2ccc(CN3CCN(C)CC3)cc2)cc1Nc1nccc(-c2cccnc2)n1.Cc1ccc(NC(=O)c2ccc(CN3CCN(C)CC3)cc2)cc1Nc1nccc(-c2cccnc2)n1.O=C(O[C@@H](C(=O)O)[C@@H](OC(=O)c1ccccc1)C(=O)O)c1ccccc1. The summed E-state index contributed by atoms with van der Waals surface area (Å²) in [6, 6.07) is 53.5. The van der Waals surface area contributed by atoms with Gasteiger partial charge in [-0.1, -0.05) is 72.8 Å². The zero-order valence-electron chi connectivity index (χ0n) is 55.6. The van der Waals surface area contributed by atoms with Crippen molar-refractivity contribution in [2.45, 2.75) is 39.1 Å². The van der Waals surface area contributed by atoms with Gasteiger partial charge in [-0.3, -0.25) is 29.4 Å². The molecule has 6 aromatic carbocycles. The number of carbonyl (C=O) groups is 6. The highest BCUT2D eigenvalue weighted by atomic mass is 16.6. The molecular formula is C76H76N14O10. The first kappa shape index (κ1) is 70.8. The maximum Gasteiger partial charge on any atom is 0.349 e. The van der Waals surface area contributed by atoms with Gasteiger partial charge in [0.25, 0.3) is 11.8 Å². The van der Waals surface area contributed by atoms with Crippen LogP contribution in [0.4, 0.5) is 34.6 Å². The quantitative estimate of drug-likeness (QED) is 0.0364. The summed E-state index contributed by atoms with van der Waals surface area (Å²) >= 11 is 0. The number of amides is 2. The molecule has 12 rings (SSSR count). The molecule has 6 N–H and O–H groups in total. The molecule has 0 unspecified atom stereocenters. The normalized spacial score (nSPS) is 13.8. The molecule has 2 saturated heterocycles. The van der Waals surface area contributed by atoms with E-state index in [-0.39, 0.29) is 22.9 Å². The van der Waals surface area contributed by atoms with E-state index in [1.165, 1.54) is 59.7 Å². The van der Waals surface area contributed by atoms with Crippen LogP contribution in [-0.2, 0) is 32.2 Å². The van der Waals surface area contributed by atoms with Gasteiger partial charge in [-0.2, -0.15) is 0 Å². The molecule has 4 aromatic heterocycles. The Hall–Kier alpha value is -12.0. The van der Waals surface area contributed by atoms with E-state index in [1.54, 1.807) is 49.3 Å². The number of nitrogens with one attached hydrogen (secondary N) is 4. The molecule has 2 atom stereocenters. The molecular weight excluding hydrogens is 1270 g/mol. The summed E-state index contributed by atoms with van der Waals surface area (Å²) in [5, 5.41) is 31.1. The van der Waals surface area contributed by atoms with Gasteiger partial charge in [-0.05, 0) is 159 Å². The van der Waals surface area contributed by atoms with Crippen molar-refractivity contribution < 1.29 is 48.5 Å². The van der Waals surface area contributed by atoms with E-state index in [2.05, 4.69) is 84.9 Å². The first-order valence-corrected chi connectivity index (χ1v) is 32.3. The number of benzene rings is 6. The van der Waals surface area contributed by atoms with Crippen molar-refractivity contribution in [3.05, 3.63) is 264 Å². The van der Waals surface area contributed by atoms with Gasteiger partial charge in [-0.15, -0.1) is 0 Å². The first-order chi connectivity index (χ1) is 48.5. The molecule has 100 heavy (non-hydrogen) atoms. The molecule has 0 bridgehead atoms. The summed E-state index contributed by atoms with van der Waals surface area (Å²) in [6.45, 7) is 14.5. The largest absolute Gasteiger partial charge is 0.478 e. The summed E-state index contributed by atoms with van der Waals surface area (Å²) in [6.07, 6.45) is 6.00. The second kappa shape index (κ2) is 34.8. The summed E-state index contributed by atoms with van der Waals surface area (Å²) < 4.78 is 9.52. The monoisotopic (exact) mass is 1340 g/mol. The zero-order valence-corrected chi connectivity index (χ0v) is 55.6. The average Bonchev–Trinajstić information content (AvgIpc) is 0.933. The van der Waals surface area contributed by atoms with E-state index in [0.717, 1.165) is 110 Å². The molecule has 0 saturated carbocycles. The van der Waals surface area contributed by atoms with Gasteiger partial charge in [-0.25, -0.2) is 39.1 Å². The lowest BCUT2D eigenvalue weighted by Gasteiger charge is -2.32. The number of hydrogen-bond acceptors (Lipinski definition) is 20. The third-order valence-electron chi connectivity index (χ3n) is 16.4. The maximum absolute atomic E-state index is 12.9. The van der Waals surface area contributed by atoms with E-state index in [0.29, 0.717) is 34.4 Å². The predicted molar refractivity (Wildman–Crippen MR) is 380 cm³/mol. The number of carboxylic acid groups (broad SMARTS) is 2. The number of piperazine rings is 2. The molecule has 510 valence electrons. The molecule has 2 aliphatic rings. The fourth-order valence-electron chi connectivity index (χ4n) is 10.6. The minimum Gasteiger partial charge on any atom is -0.478 e. The Morgan fingerprint density at radius 3 is 1.17 bits per heavy atom. The van der Waals surface area contributed by atoms with E-state index in [9.17, 15) is 39.0 Å². The average molecular weight is 1350 g/mol. The Labute approximate surface area is 578 Å². The van der Waals surface area contributed by atoms with Crippen LogP contribution in [0.3, 0.4) is 0 Å². The van der Waals surface area contributed by atoms with Gasteiger partial charge < -0.3 is 50.8 Å². The van der Waals surface area contributed by atoms with Crippen LogP contribution in [0.5, 0.6) is 0 Å². The molecule has 24 nitrogen and oxygen atoms in total. The minimum absolute atomic E-state index is 0.0253. The van der Waals surface area contributed by atoms with Crippen molar-refractivity contribution in [3.8, 4) is 22.5 Å². The molecule has 10 aromatic rings. The van der Waals surface area contributed by atoms with Crippen LogP contribution in [0.15, 0.2) is 219 Å². The highest BCUT2D eigenvalue weighted by molar-refractivity contribution is 6.05. The molecule has 6 heterocycles. The van der Waals surface area contributed by atoms with Gasteiger partial charge in [0.1, 0.15) is 0 Å². The van der Waals surface area contributed by atoms with E-state index >= 15 is 0 Å². The van der Waals surface area contributed by atoms with E-state index in [1.807, 2.05) is 135 Å². The molecule has 2 amide bonds. The van der Waals surface area contributed by atoms with E-state index in [4.69, 9.17) is 9.47 Å². The number of carbonyl (C=O) groups excluding carboxylic acids is 4. The molecule has 0 spiro atoms. The highest BCUT2D eigenvalue weighted by Crippen LogP contribution is 2.28. The Kier molecular flexibility index (Phi) is 24.7. The van der Waals surface area contributed by atoms with Crippen molar-refractivity contribution in [2.24, 2.45) is 0 Å². The fourth-order valence-corrected chi connectivity index (χ4v) is 10.6. The number of aliphatic carboxylic acids is 2. The van der Waals surface area contributed by atoms with Crippen LogP contribution in [0, 0.1) is 13.8 Å². The van der Waals surface area contributed by atoms with Gasteiger partial charge in [0.05, 0.1) is 22.5 Å². The fraction of sp³-hybridized carbons (Fsp3) is 0.211. The van der Waals surface area contributed by atoms with Gasteiger partial charge in [0.2, 0.25) is 24.1 Å². The number of ether oxygens (including phenoxy) is 2. The standard InChI is InChI=1S/2C29H31N7O.C18H14O8/c2*1-21-5-10-25(18-27(21)34-29-31-13-11-26(33-29)24-4-3-12-30-19-24)32-28(37)23-8-6-22(7-9-23)20-36-16-14-35(2)15-17-36;19-15(20)13(25-17(23)11-7-3-1-4-8-11)14(16(21)22)26-18(24)12-9-5-2-6-10-12/h2*3-13,18-19H,14-17,20H2,1-2H3,(H,32,37)(H,31,33,34);1-10,13-14H,(H,19,20)(H,21,22)/t;;13-,14-/m..1/s1. The smallest absolute Gasteiger partial charge is 0.349 e. The van der Waals surface area contributed by atoms with Crippen LogP contribution in [-0.4, -0.2) is 174 Å². The third kappa shape index (κ3) is 20.5. The molecule has 2 fully saturated rings. The Morgan fingerprint density at radius 2 is 0.820 bits per heavy atom. The third-order valence-corrected chi connectivity index (χ3v) is 16.4. The van der Waals surface area contributed by atoms with Gasteiger partial charge in [0.15, 0.2) is 0 Å². The Balaban J connectivity index is 0.000000165. The van der Waals surface area contributed by atoms with Crippen LogP contribution in [0.1, 0.15) is 63.7 Å². The van der Waals surface area contributed by atoms with E-state index < -0.39 is 36.1 Å². The second-order valence-electron chi connectivity index (χ2n) is 23.8. The van der Waals surface area contributed by atoms with Crippen molar-refractivity contribution in [2.75, 3.05) is 87.7 Å². The number of aromatic nitrogens is 6. The highest BCUT2D eigenvalue weighted by Gasteiger charge is 2.41. The molecule has 0 radical (unpaired) electrons. The van der Waals surface area contributed by atoms with Crippen LogP contribution < -0.4 is 21.3 Å². The number of anilines is 6. The number of nitrogens with zero attached hydrogens (tertiary/aromatic N) is 10. The molecule has 24 heteroatoms. The maximum atomic E-state index is 12.9. The molecule has 0 aliphatic carbocycles. The number of pyridine rings is 2. The van der Waals surface area contributed by atoms with Crippen molar-refractivity contribution >= 4 is 70.3 Å². The number of carboxylic acids is 2. The van der Waals surface area contributed by atoms with Crippen molar-refractivity contribution in [3.63, 3.8) is 0 Å². The van der Waals surface area contributed by atoms with Crippen LogP contribution >= 0.6 is 0 Å². The number of likely N-dealkylation sites (N-methyl/N-ethyl adjacent to an activating group) is 2. The number of esters is 2. The zero-order chi connectivity index (χ0) is 70.3. The molecule has 2 aliphatic heterocycles. The van der Waals surface area contributed by atoms with Crippen molar-refractivity contribution in [1.82, 2.24) is 49.5 Å². The van der Waals surface area contributed by atoms with Crippen LogP contribution in [0.25, 0.3) is 22.5 Å². The van der Waals surface area contributed by atoms with Crippen molar-refractivity contribution in [1.29, 1.82) is 0 Å². The number of rotatable bonds is 21. The summed E-state index contributed by atoms with van der Waals surface area (Å²) in [7, 11) is 4.32. The minimum atomic E-state index is -2.21. The second-order valence-corrected chi connectivity index (χ2v) is 23.8. The van der Waals surface area contributed by atoms with Crippen LogP contribution in [0.2, 0.25) is 0 Å². The lowest BCUT2D eigenvalue weighted by Crippen LogP contribution is -2.45. The lowest BCUT2D eigenvalue weighted by molar-refractivity contribution is -0.166. The summed E-state index contributed by atoms with van der Waals surface area (Å²) in [4.78, 5) is 109. The number of aryl methyl sites for hydroxylation is 2. The Morgan fingerprint density at radius 1 is 0.440 bits per heavy atom. The number of hydrogen-bond donors (Lipinski definition) is 6.